The van der Waals surface area contributed by atoms with Crippen molar-refractivity contribution in [1.82, 2.24) is 0 Å². The van der Waals surface area contributed by atoms with Gasteiger partial charge in [-0.15, -0.1) is 0 Å². The fraction of sp³-hybridized carbons (Fsp3) is 0.500. The molecule has 2 nitrogen and oxygen atoms in total. The van der Waals surface area contributed by atoms with Crippen molar-refractivity contribution in [3.63, 3.8) is 0 Å². The number of benzene rings is 1. The van der Waals surface area contributed by atoms with Gasteiger partial charge in [0.1, 0.15) is 0 Å². The minimum Gasteiger partial charge on any atom is -0.491 e. The van der Waals surface area contributed by atoms with Crippen molar-refractivity contribution in [2.24, 2.45) is 0 Å². The molecule has 90 valence electrons. The van der Waals surface area contributed by atoms with Gasteiger partial charge in [-0.1, -0.05) is 24.9 Å². The molecule has 1 aromatic carbocycles. The molecule has 0 spiro atoms. The third kappa shape index (κ3) is 3.87. The van der Waals surface area contributed by atoms with Crippen LogP contribution in [0.3, 0.4) is 0 Å². The summed E-state index contributed by atoms with van der Waals surface area (Å²) >= 11 is 9.47. The van der Waals surface area contributed by atoms with Crippen molar-refractivity contribution in [2.75, 3.05) is 18.5 Å². The standard InChI is InChI=1S/C12H17BrClNO/c1-3-5-6-15-11-8-9(14)7-10(13)12(11)16-4-2/h7-8,15H,3-6H2,1-2H3. The molecule has 0 bridgehead atoms. The fourth-order valence-corrected chi connectivity index (χ4v) is 2.31. The molecule has 0 heterocycles. The van der Waals surface area contributed by atoms with Gasteiger partial charge in [0.2, 0.25) is 0 Å². The third-order valence-electron chi connectivity index (χ3n) is 2.14. The van der Waals surface area contributed by atoms with Gasteiger partial charge in [-0.05, 0) is 41.4 Å². The van der Waals surface area contributed by atoms with Crippen molar-refractivity contribution in [3.8, 4) is 5.75 Å². The van der Waals surface area contributed by atoms with Gasteiger partial charge in [0.25, 0.3) is 0 Å². The van der Waals surface area contributed by atoms with Gasteiger partial charge in [-0.3, -0.25) is 0 Å². The highest BCUT2D eigenvalue weighted by Crippen LogP contribution is 2.36. The zero-order chi connectivity index (χ0) is 12.0. The minimum absolute atomic E-state index is 0.642. The van der Waals surface area contributed by atoms with Gasteiger partial charge in [0.05, 0.1) is 16.8 Å². The van der Waals surface area contributed by atoms with Crippen LogP contribution in [0.4, 0.5) is 5.69 Å². The van der Waals surface area contributed by atoms with Gasteiger partial charge in [-0.2, -0.15) is 0 Å². The SMILES string of the molecule is CCCCNc1cc(Cl)cc(Br)c1OCC. The Bertz CT molecular complexity index is 344. The summed E-state index contributed by atoms with van der Waals surface area (Å²) in [5, 5.41) is 4.04. The summed E-state index contributed by atoms with van der Waals surface area (Å²) in [6.07, 6.45) is 2.30. The number of unbranched alkanes of at least 4 members (excludes halogenated alkanes) is 1. The average Bonchev–Trinajstić information content (AvgIpc) is 2.23. The molecular formula is C12H17BrClNO. The van der Waals surface area contributed by atoms with Crippen LogP contribution in [0.5, 0.6) is 5.75 Å². The molecule has 16 heavy (non-hydrogen) atoms. The Morgan fingerprint density at radius 1 is 1.38 bits per heavy atom. The molecule has 0 radical (unpaired) electrons. The minimum atomic E-state index is 0.642. The zero-order valence-electron chi connectivity index (χ0n) is 9.65. The maximum atomic E-state index is 6.01. The quantitative estimate of drug-likeness (QED) is 0.768. The highest BCUT2D eigenvalue weighted by molar-refractivity contribution is 9.10. The Balaban J connectivity index is 2.85. The van der Waals surface area contributed by atoms with Gasteiger partial charge < -0.3 is 10.1 Å². The number of rotatable bonds is 6. The molecule has 0 aromatic heterocycles. The number of halogens is 2. The van der Waals surface area contributed by atoms with Crippen LogP contribution in [-0.2, 0) is 0 Å². The number of anilines is 1. The number of nitrogens with one attached hydrogen (secondary N) is 1. The molecule has 1 rings (SSSR count). The van der Waals surface area contributed by atoms with E-state index < -0.39 is 0 Å². The predicted molar refractivity (Wildman–Crippen MR) is 73.7 cm³/mol. The van der Waals surface area contributed by atoms with E-state index >= 15 is 0 Å². The first-order valence-electron chi connectivity index (χ1n) is 5.54. The first-order chi connectivity index (χ1) is 7.69. The normalized spacial score (nSPS) is 10.2. The van der Waals surface area contributed by atoms with Crippen LogP contribution in [0.1, 0.15) is 26.7 Å². The summed E-state index contributed by atoms with van der Waals surface area (Å²) in [5.41, 5.74) is 0.953. The maximum absolute atomic E-state index is 6.01. The second-order valence-electron chi connectivity index (χ2n) is 3.48. The Morgan fingerprint density at radius 2 is 2.12 bits per heavy atom. The predicted octanol–water partition coefficient (Wildman–Crippen LogP) is 4.71. The Kier molecular flexibility index (Phi) is 5.99. The van der Waals surface area contributed by atoms with Crippen molar-refractivity contribution in [2.45, 2.75) is 26.7 Å². The Hall–Kier alpha value is -0.410. The van der Waals surface area contributed by atoms with E-state index in [0.29, 0.717) is 11.6 Å². The van der Waals surface area contributed by atoms with E-state index in [4.69, 9.17) is 16.3 Å². The van der Waals surface area contributed by atoms with Crippen LogP contribution >= 0.6 is 27.5 Å². The second-order valence-corrected chi connectivity index (χ2v) is 4.77. The summed E-state index contributed by atoms with van der Waals surface area (Å²) in [7, 11) is 0. The van der Waals surface area contributed by atoms with Crippen molar-refractivity contribution in [1.29, 1.82) is 0 Å². The zero-order valence-corrected chi connectivity index (χ0v) is 12.0. The molecule has 0 saturated carbocycles. The van der Waals surface area contributed by atoms with Crippen molar-refractivity contribution < 1.29 is 4.74 Å². The summed E-state index contributed by atoms with van der Waals surface area (Å²) in [6, 6.07) is 3.74. The lowest BCUT2D eigenvalue weighted by Gasteiger charge is -2.14. The van der Waals surface area contributed by atoms with Crippen LogP contribution in [0.2, 0.25) is 5.02 Å². The first-order valence-corrected chi connectivity index (χ1v) is 6.71. The van der Waals surface area contributed by atoms with Crippen molar-refractivity contribution in [3.05, 3.63) is 21.6 Å². The molecule has 0 saturated heterocycles. The van der Waals surface area contributed by atoms with Crippen LogP contribution in [0, 0.1) is 0 Å². The lowest BCUT2D eigenvalue weighted by molar-refractivity contribution is 0.339. The summed E-state index contributed by atoms with van der Waals surface area (Å²) in [4.78, 5) is 0. The molecule has 1 aromatic rings. The van der Waals surface area contributed by atoms with Crippen LogP contribution in [0.25, 0.3) is 0 Å². The topological polar surface area (TPSA) is 21.3 Å². The maximum Gasteiger partial charge on any atom is 0.156 e. The van der Waals surface area contributed by atoms with Crippen molar-refractivity contribution >= 4 is 33.2 Å². The smallest absolute Gasteiger partial charge is 0.156 e. The van der Waals surface area contributed by atoms with Gasteiger partial charge in [0.15, 0.2) is 5.75 Å². The van der Waals surface area contributed by atoms with E-state index in [1.54, 1.807) is 0 Å². The van der Waals surface area contributed by atoms with E-state index in [2.05, 4.69) is 28.2 Å². The van der Waals surface area contributed by atoms with Gasteiger partial charge in [0, 0.05) is 11.6 Å². The molecule has 0 aliphatic heterocycles. The van der Waals surface area contributed by atoms with E-state index in [0.717, 1.165) is 28.9 Å². The third-order valence-corrected chi connectivity index (χ3v) is 2.95. The largest absolute Gasteiger partial charge is 0.491 e. The highest BCUT2D eigenvalue weighted by Gasteiger charge is 2.09. The van der Waals surface area contributed by atoms with Crippen LogP contribution in [-0.4, -0.2) is 13.2 Å². The molecule has 0 aliphatic carbocycles. The Labute approximate surface area is 110 Å². The highest BCUT2D eigenvalue weighted by atomic mass is 79.9. The monoisotopic (exact) mass is 305 g/mol. The van der Waals surface area contributed by atoms with E-state index in [1.165, 1.54) is 6.42 Å². The second kappa shape index (κ2) is 7.02. The molecule has 0 unspecified atom stereocenters. The number of ether oxygens (including phenoxy) is 1. The van der Waals surface area contributed by atoms with E-state index in [1.807, 2.05) is 19.1 Å². The molecule has 1 N–H and O–H groups in total. The van der Waals surface area contributed by atoms with E-state index in [-0.39, 0.29) is 0 Å². The molecule has 0 amide bonds. The van der Waals surface area contributed by atoms with Crippen LogP contribution < -0.4 is 10.1 Å². The lowest BCUT2D eigenvalue weighted by Crippen LogP contribution is -2.04. The lowest BCUT2D eigenvalue weighted by atomic mass is 10.2. The number of hydrogen-bond acceptors (Lipinski definition) is 2. The Morgan fingerprint density at radius 3 is 2.75 bits per heavy atom. The first kappa shape index (κ1) is 13.7. The summed E-state index contributed by atoms with van der Waals surface area (Å²) in [5.74, 6) is 0.836. The average molecular weight is 307 g/mol. The van der Waals surface area contributed by atoms with Crippen LogP contribution in [0.15, 0.2) is 16.6 Å². The number of hydrogen-bond donors (Lipinski definition) is 1. The molecular weight excluding hydrogens is 289 g/mol. The molecule has 0 atom stereocenters. The van der Waals surface area contributed by atoms with E-state index in [9.17, 15) is 0 Å². The van der Waals surface area contributed by atoms with Gasteiger partial charge in [-0.25, -0.2) is 0 Å². The molecule has 0 fully saturated rings. The fourth-order valence-electron chi connectivity index (χ4n) is 1.38. The molecule has 4 heteroatoms. The van der Waals surface area contributed by atoms with Gasteiger partial charge >= 0.3 is 0 Å². The molecule has 0 aliphatic rings. The summed E-state index contributed by atoms with van der Waals surface area (Å²) < 4.78 is 6.48. The summed E-state index contributed by atoms with van der Waals surface area (Å²) in [6.45, 7) is 5.71.